The third-order valence-electron chi connectivity index (χ3n) is 4.39. The molecule has 0 radical (unpaired) electrons. The van der Waals surface area contributed by atoms with Gasteiger partial charge in [-0.25, -0.2) is 4.52 Å². The van der Waals surface area contributed by atoms with Gasteiger partial charge in [0.25, 0.3) is 11.5 Å². The average Bonchev–Trinajstić information content (AvgIpc) is 3.12. The molecular formula is C20H18N6O2. The van der Waals surface area contributed by atoms with E-state index in [-0.39, 0.29) is 11.2 Å². The summed E-state index contributed by atoms with van der Waals surface area (Å²) in [5.74, 6) is -0.477. The van der Waals surface area contributed by atoms with Crippen LogP contribution >= 0.6 is 0 Å². The van der Waals surface area contributed by atoms with Crippen LogP contribution in [0.5, 0.6) is 0 Å². The Balaban J connectivity index is 1.58. The fraction of sp³-hybridized carbons (Fsp3) is 0.150. The number of para-hydroxylation sites is 1. The molecule has 0 fully saturated rings. The molecule has 140 valence electrons. The first-order chi connectivity index (χ1) is 13.6. The number of pyridine rings is 1. The highest BCUT2D eigenvalue weighted by molar-refractivity contribution is 6.07. The van der Waals surface area contributed by atoms with Crippen molar-refractivity contribution in [3.05, 3.63) is 87.9 Å². The molecule has 0 saturated carbocycles. The lowest BCUT2D eigenvalue weighted by molar-refractivity contribution is 0.102. The zero-order chi connectivity index (χ0) is 19.5. The van der Waals surface area contributed by atoms with Crippen molar-refractivity contribution in [1.29, 1.82) is 0 Å². The van der Waals surface area contributed by atoms with Crippen molar-refractivity contribution in [3.63, 3.8) is 0 Å². The molecule has 8 nitrogen and oxygen atoms in total. The highest BCUT2D eigenvalue weighted by atomic mass is 16.2. The summed E-state index contributed by atoms with van der Waals surface area (Å²) in [5, 5.41) is 10.6. The van der Waals surface area contributed by atoms with E-state index in [9.17, 15) is 9.59 Å². The Hall–Kier alpha value is -3.81. The van der Waals surface area contributed by atoms with Crippen molar-refractivity contribution < 1.29 is 4.79 Å². The van der Waals surface area contributed by atoms with Crippen molar-refractivity contribution in [2.75, 3.05) is 5.32 Å². The van der Waals surface area contributed by atoms with Gasteiger partial charge in [-0.15, -0.1) is 5.10 Å². The summed E-state index contributed by atoms with van der Waals surface area (Å²) < 4.78 is 1.32. The third-order valence-corrected chi connectivity index (χ3v) is 4.39. The van der Waals surface area contributed by atoms with Crippen LogP contribution < -0.4 is 10.9 Å². The summed E-state index contributed by atoms with van der Waals surface area (Å²) >= 11 is 0. The van der Waals surface area contributed by atoms with E-state index in [0.717, 1.165) is 24.1 Å². The molecule has 0 bridgehead atoms. The number of fused-ring (bicyclic) bond motifs is 1. The Morgan fingerprint density at radius 1 is 1.14 bits per heavy atom. The minimum Gasteiger partial charge on any atom is -0.323 e. The quantitative estimate of drug-likeness (QED) is 0.557. The third kappa shape index (κ3) is 3.52. The number of carbonyl (C=O) groups is 1. The first kappa shape index (κ1) is 17.6. The lowest BCUT2D eigenvalue weighted by Crippen LogP contribution is -2.18. The summed E-state index contributed by atoms with van der Waals surface area (Å²) in [4.78, 5) is 32.0. The number of nitrogens with zero attached hydrogens (tertiary/aromatic N) is 4. The van der Waals surface area contributed by atoms with Gasteiger partial charge < -0.3 is 10.3 Å². The fourth-order valence-electron chi connectivity index (χ4n) is 3.05. The number of benzene rings is 1. The predicted molar refractivity (Wildman–Crippen MR) is 104 cm³/mol. The van der Waals surface area contributed by atoms with Crippen LogP contribution in [0.25, 0.3) is 5.52 Å². The van der Waals surface area contributed by atoms with E-state index in [4.69, 9.17) is 0 Å². The second kappa shape index (κ2) is 7.43. The number of hydrogen-bond acceptors (Lipinski definition) is 5. The molecule has 1 aromatic carbocycles. The Labute approximate surface area is 160 Å². The van der Waals surface area contributed by atoms with Gasteiger partial charge >= 0.3 is 0 Å². The summed E-state index contributed by atoms with van der Waals surface area (Å²) in [6.45, 7) is 1.74. The van der Waals surface area contributed by atoms with Gasteiger partial charge in [-0.3, -0.25) is 14.6 Å². The molecule has 4 rings (SSSR count). The van der Waals surface area contributed by atoms with Crippen LogP contribution in [0.15, 0.2) is 59.7 Å². The predicted octanol–water partition coefficient (Wildman–Crippen LogP) is 2.16. The first-order valence-corrected chi connectivity index (χ1v) is 8.86. The molecule has 4 aromatic rings. The lowest BCUT2D eigenvalue weighted by atomic mass is 10.1. The topological polar surface area (TPSA) is 105 Å². The molecule has 0 saturated heterocycles. The van der Waals surface area contributed by atoms with Gasteiger partial charge in [-0.1, -0.05) is 29.5 Å². The molecule has 0 atom stereocenters. The normalized spacial score (nSPS) is 10.9. The monoisotopic (exact) mass is 374 g/mol. The largest absolute Gasteiger partial charge is 0.323 e. The van der Waals surface area contributed by atoms with Crippen molar-refractivity contribution in [2.45, 2.75) is 19.8 Å². The van der Waals surface area contributed by atoms with Crippen molar-refractivity contribution in [1.82, 2.24) is 24.8 Å². The van der Waals surface area contributed by atoms with E-state index in [1.807, 2.05) is 42.5 Å². The van der Waals surface area contributed by atoms with Crippen LogP contribution in [0, 0.1) is 6.92 Å². The van der Waals surface area contributed by atoms with Crippen LogP contribution in [0.1, 0.15) is 27.4 Å². The van der Waals surface area contributed by atoms with Crippen LogP contribution in [0.3, 0.4) is 0 Å². The van der Waals surface area contributed by atoms with Crippen LogP contribution in [-0.4, -0.2) is 30.7 Å². The molecule has 0 unspecified atom stereocenters. The van der Waals surface area contributed by atoms with E-state index in [1.165, 1.54) is 4.52 Å². The molecule has 0 aliphatic heterocycles. The average molecular weight is 374 g/mol. The van der Waals surface area contributed by atoms with E-state index in [1.54, 1.807) is 19.3 Å². The van der Waals surface area contributed by atoms with Gasteiger partial charge in [0.05, 0.1) is 6.20 Å². The number of carbonyl (C=O) groups excluding carboxylic acids is 1. The SMILES string of the molecule is Cc1cn2nnc(C(=O)Nc3ccccc3CCc3ccccn3)c2c(=O)[nH]1. The second-order valence-electron chi connectivity index (χ2n) is 6.43. The molecular weight excluding hydrogens is 356 g/mol. The number of aromatic nitrogens is 5. The van der Waals surface area contributed by atoms with Crippen molar-refractivity contribution in [2.24, 2.45) is 0 Å². The molecule has 0 spiro atoms. The molecule has 2 N–H and O–H groups in total. The zero-order valence-corrected chi connectivity index (χ0v) is 15.2. The molecule has 0 aliphatic rings. The summed E-state index contributed by atoms with van der Waals surface area (Å²) in [5.41, 5.74) is 2.97. The van der Waals surface area contributed by atoms with Gasteiger partial charge in [0.1, 0.15) is 0 Å². The summed E-state index contributed by atoms with van der Waals surface area (Å²) in [7, 11) is 0. The molecule has 8 heteroatoms. The van der Waals surface area contributed by atoms with Gasteiger partial charge in [0.15, 0.2) is 11.2 Å². The van der Waals surface area contributed by atoms with Crippen LogP contribution in [0.2, 0.25) is 0 Å². The maximum Gasteiger partial charge on any atom is 0.278 e. The van der Waals surface area contributed by atoms with Crippen molar-refractivity contribution in [3.8, 4) is 0 Å². The molecule has 3 aromatic heterocycles. The zero-order valence-electron chi connectivity index (χ0n) is 15.2. The highest BCUT2D eigenvalue weighted by Gasteiger charge is 2.19. The number of nitrogens with one attached hydrogen (secondary N) is 2. The number of aromatic amines is 1. The van der Waals surface area contributed by atoms with Gasteiger partial charge in [-0.05, 0) is 43.5 Å². The summed E-state index contributed by atoms with van der Waals surface area (Å²) in [6.07, 6.45) is 4.84. The number of aryl methyl sites for hydroxylation is 3. The second-order valence-corrected chi connectivity index (χ2v) is 6.43. The molecule has 3 heterocycles. The number of H-pyrrole nitrogens is 1. The Morgan fingerprint density at radius 2 is 1.96 bits per heavy atom. The molecule has 0 aliphatic carbocycles. The maximum atomic E-state index is 12.8. The van der Waals surface area contributed by atoms with Crippen LogP contribution in [0.4, 0.5) is 5.69 Å². The number of hydrogen-bond donors (Lipinski definition) is 2. The van der Waals surface area contributed by atoms with E-state index in [0.29, 0.717) is 11.4 Å². The van der Waals surface area contributed by atoms with Gasteiger partial charge in [0.2, 0.25) is 0 Å². The first-order valence-electron chi connectivity index (χ1n) is 8.86. The minimum atomic E-state index is -0.477. The maximum absolute atomic E-state index is 12.8. The van der Waals surface area contributed by atoms with Gasteiger partial charge in [0, 0.05) is 23.3 Å². The Kier molecular flexibility index (Phi) is 4.67. The fourth-order valence-corrected chi connectivity index (χ4v) is 3.05. The molecule has 1 amide bonds. The number of rotatable bonds is 5. The lowest BCUT2D eigenvalue weighted by Gasteiger charge is -2.10. The standard InChI is InChI=1S/C20H18N6O2/c1-13-12-26-18(20(28)22-13)17(24-25-26)19(27)23-16-8-3-2-6-14(16)9-10-15-7-4-5-11-21-15/h2-8,11-12H,9-10H2,1H3,(H,22,28)(H,23,27). The Morgan fingerprint density at radius 3 is 2.79 bits per heavy atom. The van der Waals surface area contributed by atoms with Gasteiger partial charge in [-0.2, -0.15) is 0 Å². The van der Waals surface area contributed by atoms with E-state index < -0.39 is 11.5 Å². The summed E-state index contributed by atoms with van der Waals surface area (Å²) in [6, 6.07) is 13.3. The number of amides is 1. The molecule has 28 heavy (non-hydrogen) atoms. The van der Waals surface area contributed by atoms with E-state index in [2.05, 4.69) is 25.6 Å². The van der Waals surface area contributed by atoms with Crippen LogP contribution in [-0.2, 0) is 12.8 Å². The highest BCUT2D eigenvalue weighted by Crippen LogP contribution is 2.18. The number of anilines is 1. The minimum absolute atomic E-state index is 0.0132. The smallest absolute Gasteiger partial charge is 0.278 e. The van der Waals surface area contributed by atoms with Crippen molar-refractivity contribution >= 4 is 17.1 Å². The Bertz CT molecular complexity index is 1200. The van der Waals surface area contributed by atoms with E-state index >= 15 is 0 Å².